The Morgan fingerprint density at radius 3 is 2.41 bits per heavy atom. The molecular weight excluding hydrogens is 364 g/mol. The minimum atomic E-state index is 0.585. The number of para-hydroxylation sites is 1. The van der Waals surface area contributed by atoms with Gasteiger partial charge in [-0.15, -0.1) is 0 Å². The molecule has 0 N–H and O–H groups in total. The van der Waals surface area contributed by atoms with Gasteiger partial charge in [-0.3, -0.25) is 9.80 Å². The second-order valence-electron chi connectivity index (χ2n) is 7.54. The highest BCUT2D eigenvalue weighted by Crippen LogP contribution is 2.21. The molecule has 6 nitrogen and oxygen atoms in total. The van der Waals surface area contributed by atoms with Crippen molar-refractivity contribution in [3.8, 4) is 11.5 Å². The number of hydrogen-bond donors (Lipinski definition) is 0. The van der Waals surface area contributed by atoms with Gasteiger partial charge in [0.25, 0.3) is 5.89 Å². The van der Waals surface area contributed by atoms with E-state index in [2.05, 4.69) is 32.1 Å². The fourth-order valence-electron chi connectivity index (χ4n) is 3.89. The van der Waals surface area contributed by atoms with E-state index in [9.17, 15) is 0 Å². The molecule has 0 bridgehead atoms. The molecular formula is C23H24N4O2. The number of hydrogen-bond acceptors (Lipinski definition) is 6. The Labute approximate surface area is 169 Å². The molecule has 2 aromatic heterocycles. The van der Waals surface area contributed by atoms with E-state index in [1.807, 2.05) is 48.5 Å². The molecule has 2 aromatic carbocycles. The standard InChI is InChI=1S/C23H24N4O2/c1-2-7-18(8-3-1)23-24-22(25-29-23)17-27-12-6-11-26(13-14-27)16-20-15-19-9-4-5-10-21(19)28-20/h1-5,7-10,15H,6,11-14,16-17H2. The van der Waals surface area contributed by atoms with E-state index in [1.54, 1.807) is 0 Å². The average Bonchev–Trinajstić information content (AvgIpc) is 3.32. The lowest BCUT2D eigenvalue weighted by atomic mass is 10.2. The summed E-state index contributed by atoms with van der Waals surface area (Å²) in [5, 5.41) is 5.34. The van der Waals surface area contributed by atoms with Gasteiger partial charge in [-0.2, -0.15) is 4.98 Å². The first kappa shape index (κ1) is 18.1. The van der Waals surface area contributed by atoms with Crippen LogP contribution < -0.4 is 0 Å². The molecule has 148 valence electrons. The molecule has 0 amide bonds. The molecule has 0 unspecified atom stereocenters. The Bertz CT molecular complexity index is 1040. The summed E-state index contributed by atoms with van der Waals surface area (Å²) in [6.07, 6.45) is 1.11. The van der Waals surface area contributed by atoms with Crippen LogP contribution in [0.1, 0.15) is 18.0 Å². The fraction of sp³-hybridized carbons (Fsp3) is 0.304. The maximum atomic E-state index is 5.99. The molecule has 1 aliphatic heterocycles. The van der Waals surface area contributed by atoms with Crippen LogP contribution in [-0.4, -0.2) is 46.1 Å². The van der Waals surface area contributed by atoms with Crippen LogP contribution in [0.25, 0.3) is 22.4 Å². The largest absolute Gasteiger partial charge is 0.460 e. The molecule has 1 saturated heterocycles. The van der Waals surface area contributed by atoms with Gasteiger partial charge in [-0.05, 0) is 43.8 Å². The lowest BCUT2D eigenvalue weighted by Gasteiger charge is -2.19. The molecule has 0 atom stereocenters. The summed E-state index contributed by atoms with van der Waals surface area (Å²) in [6, 6.07) is 20.2. The van der Waals surface area contributed by atoms with E-state index in [0.29, 0.717) is 5.89 Å². The quantitative estimate of drug-likeness (QED) is 0.511. The van der Waals surface area contributed by atoms with Crippen LogP contribution in [-0.2, 0) is 13.1 Å². The third-order valence-corrected chi connectivity index (χ3v) is 5.39. The first-order valence-corrected chi connectivity index (χ1v) is 10.1. The Balaban J connectivity index is 1.18. The molecule has 6 heteroatoms. The molecule has 5 rings (SSSR count). The van der Waals surface area contributed by atoms with Crippen LogP contribution in [0.15, 0.2) is 69.6 Å². The van der Waals surface area contributed by atoms with E-state index in [-0.39, 0.29) is 0 Å². The molecule has 3 heterocycles. The molecule has 0 radical (unpaired) electrons. The number of rotatable bonds is 5. The SMILES string of the molecule is c1ccc(-c2nc(CN3CCCN(Cc4cc5ccccc5o4)CC3)no2)cc1. The minimum absolute atomic E-state index is 0.585. The van der Waals surface area contributed by atoms with Gasteiger partial charge in [-0.1, -0.05) is 41.6 Å². The summed E-state index contributed by atoms with van der Waals surface area (Å²) in [6.45, 7) is 5.65. The summed E-state index contributed by atoms with van der Waals surface area (Å²) in [7, 11) is 0. The van der Waals surface area contributed by atoms with Gasteiger partial charge in [0, 0.05) is 24.0 Å². The normalized spacial score (nSPS) is 16.3. The number of benzene rings is 2. The summed E-state index contributed by atoms with van der Waals surface area (Å²) in [4.78, 5) is 9.43. The maximum Gasteiger partial charge on any atom is 0.257 e. The zero-order chi connectivity index (χ0) is 19.5. The van der Waals surface area contributed by atoms with Crippen LogP contribution in [0.4, 0.5) is 0 Å². The van der Waals surface area contributed by atoms with E-state index >= 15 is 0 Å². The van der Waals surface area contributed by atoms with Crippen LogP contribution >= 0.6 is 0 Å². The Hall–Kier alpha value is -2.96. The van der Waals surface area contributed by atoms with Crippen molar-refractivity contribution in [2.24, 2.45) is 0 Å². The number of nitrogens with zero attached hydrogens (tertiary/aromatic N) is 4. The van der Waals surface area contributed by atoms with E-state index < -0.39 is 0 Å². The average molecular weight is 388 g/mol. The van der Waals surface area contributed by atoms with Gasteiger partial charge in [-0.25, -0.2) is 0 Å². The Morgan fingerprint density at radius 1 is 0.828 bits per heavy atom. The summed E-state index contributed by atoms with van der Waals surface area (Å²) >= 11 is 0. The number of fused-ring (bicyclic) bond motifs is 1. The van der Waals surface area contributed by atoms with Crippen molar-refractivity contribution in [2.45, 2.75) is 19.5 Å². The predicted molar refractivity (Wildman–Crippen MR) is 111 cm³/mol. The van der Waals surface area contributed by atoms with Crippen molar-refractivity contribution in [3.05, 3.63) is 72.2 Å². The highest BCUT2D eigenvalue weighted by Gasteiger charge is 2.18. The van der Waals surface area contributed by atoms with Gasteiger partial charge >= 0.3 is 0 Å². The topological polar surface area (TPSA) is 58.5 Å². The molecule has 29 heavy (non-hydrogen) atoms. The molecule has 0 saturated carbocycles. The van der Waals surface area contributed by atoms with Gasteiger partial charge in [0.2, 0.25) is 0 Å². The predicted octanol–water partition coefficient (Wildman–Crippen LogP) is 4.19. The minimum Gasteiger partial charge on any atom is -0.460 e. The van der Waals surface area contributed by atoms with E-state index in [1.165, 1.54) is 5.39 Å². The highest BCUT2D eigenvalue weighted by molar-refractivity contribution is 5.77. The van der Waals surface area contributed by atoms with Crippen LogP contribution in [0.5, 0.6) is 0 Å². The van der Waals surface area contributed by atoms with Crippen LogP contribution in [0.3, 0.4) is 0 Å². The maximum absolute atomic E-state index is 5.99. The zero-order valence-corrected chi connectivity index (χ0v) is 16.3. The monoisotopic (exact) mass is 388 g/mol. The smallest absolute Gasteiger partial charge is 0.257 e. The van der Waals surface area contributed by atoms with Gasteiger partial charge in [0.15, 0.2) is 5.82 Å². The fourth-order valence-corrected chi connectivity index (χ4v) is 3.89. The third-order valence-electron chi connectivity index (χ3n) is 5.39. The van der Waals surface area contributed by atoms with Crippen molar-refractivity contribution in [1.29, 1.82) is 0 Å². The van der Waals surface area contributed by atoms with Crippen molar-refractivity contribution in [3.63, 3.8) is 0 Å². The first-order chi connectivity index (χ1) is 14.3. The third kappa shape index (κ3) is 4.23. The highest BCUT2D eigenvalue weighted by atomic mass is 16.5. The Kier molecular flexibility index (Phi) is 5.11. The van der Waals surface area contributed by atoms with E-state index in [0.717, 1.165) is 68.4 Å². The second kappa shape index (κ2) is 8.19. The molecule has 0 spiro atoms. The van der Waals surface area contributed by atoms with Crippen molar-refractivity contribution >= 4 is 11.0 Å². The summed E-state index contributed by atoms with van der Waals surface area (Å²) in [5.41, 5.74) is 1.92. The first-order valence-electron chi connectivity index (χ1n) is 10.1. The molecule has 1 aliphatic rings. The summed E-state index contributed by atoms with van der Waals surface area (Å²) in [5.74, 6) is 2.36. The molecule has 1 fully saturated rings. The zero-order valence-electron chi connectivity index (χ0n) is 16.3. The molecule has 0 aliphatic carbocycles. The molecule has 4 aromatic rings. The van der Waals surface area contributed by atoms with Crippen molar-refractivity contribution in [1.82, 2.24) is 19.9 Å². The van der Waals surface area contributed by atoms with Gasteiger partial charge in [0.05, 0.1) is 13.1 Å². The van der Waals surface area contributed by atoms with Gasteiger partial charge < -0.3 is 8.94 Å². The number of aromatic nitrogens is 2. The van der Waals surface area contributed by atoms with Gasteiger partial charge in [0.1, 0.15) is 11.3 Å². The lowest BCUT2D eigenvalue weighted by Crippen LogP contribution is -2.30. The lowest BCUT2D eigenvalue weighted by molar-refractivity contribution is 0.232. The Morgan fingerprint density at radius 2 is 1.59 bits per heavy atom. The van der Waals surface area contributed by atoms with Crippen molar-refractivity contribution in [2.75, 3.05) is 26.2 Å². The summed E-state index contributed by atoms with van der Waals surface area (Å²) < 4.78 is 11.4. The second-order valence-corrected chi connectivity index (χ2v) is 7.54. The van der Waals surface area contributed by atoms with Crippen LogP contribution in [0.2, 0.25) is 0 Å². The van der Waals surface area contributed by atoms with Crippen LogP contribution in [0, 0.1) is 0 Å². The van der Waals surface area contributed by atoms with Crippen molar-refractivity contribution < 1.29 is 8.94 Å². The number of furan rings is 1. The van der Waals surface area contributed by atoms with E-state index in [4.69, 9.17) is 8.94 Å².